The predicted octanol–water partition coefficient (Wildman–Crippen LogP) is 3.57. The number of nitrogens with zero attached hydrogens (tertiary/aromatic N) is 1. The molecule has 6 heteroatoms. The summed E-state index contributed by atoms with van der Waals surface area (Å²) in [7, 11) is 1.58. The van der Waals surface area contributed by atoms with Crippen molar-refractivity contribution >= 4 is 17.8 Å². The molecule has 1 aliphatic rings. The SMILES string of the molecule is CCOc1ccc(/C=N/OCC(=O)Nc2ccc3c(c2)CCC3)cc1OC. The standard InChI is InChI=1S/C21H24N2O4/c1-3-26-19-10-7-15(11-20(19)25-2)13-22-27-14-21(24)23-18-9-8-16-5-4-6-17(16)12-18/h7-13H,3-6,14H2,1-2H3,(H,23,24)/b22-13+. The van der Waals surface area contributed by atoms with Gasteiger partial charge in [0, 0.05) is 11.3 Å². The van der Waals surface area contributed by atoms with E-state index in [4.69, 9.17) is 14.3 Å². The summed E-state index contributed by atoms with van der Waals surface area (Å²) in [5, 5.41) is 6.69. The van der Waals surface area contributed by atoms with Crippen molar-refractivity contribution in [1.29, 1.82) is 0 Å². The molecule has 0 spiro atoms. The number of nitrogens with one attached hydrogen (secondary N) is 1. The maximum Gasteiger partial charge on any atom is 0.265 e. The van der Waals surface area contributed by atoms with E-state index < -0.39 is 0 Å². The summed E-state index contributed by atoms with van der Waals surface area (Å²) in [5.74, 6) is 1.05. The van der Waals surface area contributed by atoms with Gasteiger partial charge in [-0.2, -0.15) is 0 Å². The van der Waals surface area contributed by atoms with Gasteiger partial charge in [0.05, 0.1) is 19.9 Å². The molecule has 0 radical (unpaired) electrons. The van der Waals surface area contributed by atoms with E-state index in [-0.39, 0.29) is 12.5 Å². The van der Waals surface area contributed by atoms with Crippen LogP contribution in [0.1, 0.15) is 30.0 Å². The molecule has 142 valence electrons. The molecule has 0 bridgehead atoms. The molecular weight excluding hydrogens is 344 g/mol. The number of hydrogen-bond donors (Lipinski definition) is 1. The van der Waals surface area contributed by atoms with Gasteiger partial charge < -0.3 is 19.6 Å². The fourth-order valence-electron chi connectivity index (χ4n) is 3.08. The van der Waals surface area contributed by atoms with Crippen molar-refractivity contribution in [2.75, 3.05) is 25.6 Å². The lowest BCUT2D eigenvalue weighted by Crippen LogP contribution is -2.17. The van der Waals surface area contributed by atoms with Gasteiger partial charge >= 0.3 is 0 Å². The summed E-state index contributed by atoms with van der Waals surface area (Å²) >= 11 is 0. The normalized spacial score (nSPS) is 12.7. The summed E-state index contributed by atoms with van der Waals surface area (Å²) < 4.78 is 10.8. The smallest absolute Gasteiger partial charge is 0.265 e. The van der Waals surface area contributed by atoms with Crippen molar-refractivity contribution in [3.8, 4) is 11.5 Å². The molecule has 2 aromatic rings. The van der Waals surface area contributed by atoms with Crippen LogP contribution in [-0.4, -0.2) is 32.4 Å². The number of rotatable bonds is 8. The van der Waals surface area contributed by atoms with Gasteiger partial charge in [-0.05, 0) is 67.6 Å². The van der Waals surface area contributed by atoms with Gasteiger partial charge in [-0.25, -0.2) is 0 Å². The van der Waals surface area contributed by atoms with Crippen LogP contribution in [0.15, 0.2) is 41.6 Å². The van der Waals surface area contributed by atoms with Crippen LogP contribution in [0.3, 0.4) is 0 Å². The number of oxime groups is 1. The maximum absolute atomic E-state index is 12.0. The minimum absolute atomic E-state index is 0.151. The number of hydrogen-bond acceptors (Lipinski definition) is 5. The van der Waals surface area contributed by atoms with Crippen LogP contribution in [0, 0.1) is 0 Å². The summed E-state index contributed by atoms with van der Waals surface area (Å²) in [6, 6.07) is 11.5. The second-order valence-corrected chi connectivity index (χ2v) is 6.24. The van der Waals surface area contributed by atoms with Crippen molar-refractivity contribution < 1.29 is 19.1 Å². The summed E-state index contributed by atoms with van der Waals surface area (Å²) in [5.41, 5.74) is 4.27. The van der Waals surface area contributed by atoms with Crippen molar-refractivity contribution in [2.24, 2.45) is 5.16 Å². The van der Waals surface area contributed by atoms with Crippen LogP contribution in [0.25, 0.3) is 0 Å². The summed E-state index contributed by atoms with van der Waals surface area (Å²) in [6.45, 7) is 2.32. The molecule has 1 aliphatic carbocycles. The molecule has 0 saturated carbocycles. The Morgan fingerprint density at radius 2 is 2.00 bits per heavy atom. The Morgan fingerprint density at radius 1 is 1.15 bits per heavy atom. The minimum atomic E-state index is -0.241. The van der Waals surface area contributed by atoms with E-state index in [0.29, 0.717) is 18.1 Å². The molecule has 0 atom stereocenters. The lowest BCUT2D eigenvalue weighted by atomic mass is 10.1. The third-order valence-corrected chi connectivity index (χ3v) is 4.34. The third kappa shape index (κ3) is 5.00. The number of amides is 1. The zero-order chi connectivity index (χ0) is 19.1. The molecule has 27 heavy (non-hydrogen) atoms. The third-order valence-electron chi connectivity index (χ3n) is 4.34. The highest BCUT2D eigenvalue weighted by molar-refractivity contribution is 5.92. The quantitative estimate of drug-likeness (QED) is 0.571. The second-order valence-electron chi connectivity index (χ2n) is 6.24. The number of carbonyl (C=O) groups is 1. The predicted molar refractivity (Wildman–Crippen MR) is 105 cm³/mol. The van der Waals surface area contributed by atoms with E-state index in [9.17, 15) is 4.79 Å². The number of fused-ring (bicyclic) bond motifs is 1. The monoisotopic (exact) mass is 368 g/mol. The molecular formula is C21H24N2O4. The number of benzene rings is 2. The lowest BCUT2D eigenvalue weighted by molar-refractivity contribution is -0.120. The van der Waals surface area contributed by atoms with Gasteiger partial charge in [0.1, 0.15) is 0 Å². The first-order chi connectivity index (χ1) is 13.2. The zero-order valence-electron chi connectivity index (χ0n) is 15.7. The zero-order valence-corrected chi connectivity index (χ0v) is 15.7. The number of aryl methyl sites for hydroxylation is 2. The topological polar surface area (TPSA) is 69.2 Å². The highest BCUT2D eigenvalue weighted by Gasteiger charge is 2.12. The van der Waals surface area contributed by atoms with Crippen molar-refractivity contribution in [1.82, 2.24) is 0 Å². The highest BCUT2D eigenvalue weighted by atomic mass is 16.6. The number of methoxy groups -OCH3 is 1. The van der Waals surface area contributed by atoms with Crippen LogP contribution in [-0.2, 0) is 22.5 Å². The van der Waals surface area contributed by atoms with Gasteiger partial charge in [-0.15, -0.1) is 0 Å². The molecule has 0 saturated heterocycles. The van der Waals surface area contributed by atoms with Crippen LogP contribution in [0.4, 0.5) is 5.69 Å². The van der Waals surface area contributed by atoms with Crippen LogP contribution in [0.2, 0.25) is 0 Å². The molecule has 0 aliphatic heterocycles. The van der Waals surface area contributed by atoms with E-state index >= 15 is 0 Å². The average Bonchev–Trinajstić information content (AvgIpc) is 3.14. The van der Waals surface area contributed by atoms with Crippen LogP contribution < -0.4 is 14.8 Å². The molecule has 1 N–H and O–H groups in total. The van der Waals surface area contributed by atoms with Gasteiger partial charge in [0.2, 0.25) is 0 Å². The fourth-order valence-corrected chi connectivity index (χ4v) is 3.08. The van der Waals surface area contributed by atoms with Gasteiger partial charge in [-0.1, -0.05) is 11.2 Å². The van der Waals surface area contributed by atoms with E-state index in [1.54, 1.807) is 13.2 Å². The van der Waals surface area contributed by atoms with Crippen molar-refractivity contribution in [2.45, 2.75) is 26.2 Å². The minimum Gasteiger partial charge on any atom is -0.493 e. The Labute approximate surface area is 159 Å². The molecule has 0 heterocycles. The first-order valence-corrected chi connectivity index (χ1v) is 9.07. The Hall–Kier alpha value is -3.02. The average molecular weight is 368 g/mol. The number of anilines is 1. The van der Waals surface area contributed by atoms with Crippen molar-refractivity contribution in [3.63, 3.8) is 0 Å². The lowest BCUT2D eigenvalue weighted by Gasteiger charge is -2.09. The summed E-state index contributed by atoms with van der Waals surface area (Å²) in [4.78, 5) is 17.1. The largest absolute Gasteiger partial charge is 0.493 e. The first-order valence-electron chi connectivity index (χ1n) is 9.07. The molecule has 2 aromatic carbocycles. The Morgan fingerprint density at radius 3 is 2.81 bits per heavy atom. The van der Waals surface area contributed by atoms with Crippen LogP contribution in [0.5, 0.6) is 11.5 Å². The number of carbonyl (C=O) groups excluding carboxylic acids is 1. The molecule has 0 unspecified atom stereocenters. The molecule has 6 nitrogen and oxygen atoms in total. The maximum atomic E-state index is 12.0. The second kappa shape index (κ2) is 9.07. The van der Waals surface area contributed by atoms with Gasteiger partial charge in [0.15, 0.2) is 18.1 Å². The van der Waals surface area contributed by atoms with Gasteiger partial charge in [0.25, 0.3) is 5.91 Å². The molecule has 3 rings (SSSR count). The highest BCUT2D eigenvalue weighted by Crippen LogP contribution is 2.27. The van der Waals surface area contributed by atoms with Crippen LogP contribution >= 0.6 is 0 Å². The Kier molecular flexibility index (Phi) is 6.30. The van der Waals surface area contributed by atoms with E-state index in [2.05, 4.69) is 16.5 Å². The Balaban J connectivity index is 1.49. The van der Waals surface area contributed by atoms with E-state index in [0.717, 1.165) is 24.1 Å². The van der Waals surface area contributed by atoms with E-state index in [1.807, 2.05) is 31.2 Å². The Bertz CT molecular complexity index is 833. The molecule has 1 amide bonds. The van der Waals surface area contributed by atoms with Gasteiger partial charge in [-0.3, -0.25) is 4.79 Å². The summed E-state index contributed by atoms with van der Waals surface area (Å²) in [6.07, 6.45) is 4.91. The van der Waals surface area contributed by atoms with E-state index in [1.165, 1.54) is 23.8 Å². The first kappa shape index (κ1) is 18.8. The molecule has 0 fully saturated rings. The van der Waals surface area contributed by atoms with Crippen molar-refractivity contribution in [3.05, 3.63) is 53.1 Å². The fraction of sp³-hybridized carbons (Fsp3) is 0.333. The molecule has 0 aromatic heterocycles. The number of ether oxygens (including phenoxy) is 2.